The Labute approximate surface area is 175 Å². The third-order valence-corrected chi connectivity index (χ3v) is 5.35. The van der Waals surface area contributed by atoms with Crippen LogP contribution in [0.4, 0.5) is 0 Å². The van der Waals surface area contributed by atoms with E-state index < -0.39 is 23.6 Å². The number of carbonyl (C=O) groups excluding carboxylic acids is 2. The molecule has 1 aromatic carbocycles. The zero-order valence-corrected chi connectivity index (χ0v) is 17.7. The van der Waals surface area contributed by atoms with Gasteiger partial charge in [0.1, 0.15) is 17.8 Å². The molecule has 9 heteroatoms. The van der Waals surface area contributed by atoms with E-state index in [0.29, 0.717) is 5.69 Å². The Morgan fingerprint density at radius 3 is 2.70 bits per heavy atom. The number of benzene rings is 1. The van der Waals surface area contributed by atoms with Crippen molar-refractivity contribution in [3.63, 3.8) is 0 Å². The highest BCUT2D eigenvalue weighted by molar-refractivity contribution is 5.90. The third-order valence-electron chi connectivity index (χ3n) is 5.35. The highest BCUT2D eigenvalue weighted by atomic mass is 16.3. The van der Waals surface area contributed by atoms with Crippen molar-refractivity contribution in [1.82, 2.24) is 25.2 Å². The topological polar surface area (TPSA) is 121 Å². The average molecular weight is 415 g/mol. The number of hydrogen-bond donors (Lipinski definition) is 3. The highest BCUT2D eigenvalue weighted by Gasteiger charge is 2.45. The van der Waals surface area contributed by atoms with Crippen molar-refractivity contribution in [1.29, 1.82) is 0 Å². The summed E-state index contributed by atoms with van der Waals surface area (Å²) < 4.78 is 1.52. The van der Waals surface area contributed by atoms with Crippen molar-refractivity contribution < 1.29 is 19.8 Å². The van der Waals surface area contributed by atoms with Gasteiger partial charge in [0.2, 0.25) is 11.8 Å². The molecule has 0 bridgehead atoms. The highest BCUT2D eigenvalue weighted by Crippen LogP contribution is 2.35. The number of carbonyl (C=O) groups is 2. The van der Waals surface area contributed by atoms with Gasteiger partial charge in [-0.25, -0.2) is 4.68 Å². The number of aliphatic hydroxyl groups excluding tert-OH is 2. The Morgan fingerprint density at radius 2 is 2.07 bits per heavy atom. The lowest BCUT2D eigenvalue weighted by Crippen LogP contribution is -2.49. The quantitative estimate of drug-likeness (QED) is 0.662. The largest absolute Gasteiger partial charge is 0.392 e. The smallest absolute Gasteiger partial charge is 0.248 e. The Bertz CT molecular complexity index is 920. The summed E-state index contributed by atoms with van der Waals surface area (Å²) in [6.45, 7) is 5.78. The molecule has 1 aliphatic rings. The molecule has 2 aromatic rings. The van der Waals surface area contributed by atoms with Gasteiger partial charge in [-0.3, -0.25) is 9.59 Å². The molecule has 0 saturated carbocycles. The summed E-state index contributed by atoms with van der Waals surface area (Å²) in [5, 5.41) is 30.5. The molecule has 0 aliphatic carbocycles. The molecule has 30 heavy (non-hydrogen) atoms. The van der Waals surface area contributed by atoms with Crippen LogP contribution in [0.5, 0.6) is 0 Å². The van der Waals surface area contributed by atoms with E-state index in [2.05, 4.69) is 15.6 Å². The van der Waals surface area contributed by atoms with Crippen molar-refractivity contribution in [3.8, 4) is 11.3 Å². The molecule has 2 heterocycles. The number of β-amino-alcohol motifs (C(OH)–C–C–N with tert-alkyl or cyclic N) is 1. The summed E-state index contributed by atoms with van der Waals surface area (Å²) in [5.74, 6) is -0.583. The summed E-state index contributed by atoms with van der Waals surface area (Å²) >= 11 is 0. The van der Waals surface area contributed by atoms with E-state index in [1.807, 2.05) is 45.0 Å². The Morgan fingerprint density at radius 1 is 1.33 bits per heavy atom. The van der Waals surface area contributed by atoms with Crippen LogP contribution in [0.15, 0.2) is 30.5 Å². The summed E-state index contributed by atoms with van der Waals surface area (Å²) in [4.78, 5) is 27.2. The summed E-state index contributed by atoms with van der Waals surface area (Å²) in [6.07, 6.45) is 1.16. The number of hydrogen-bond acceptors (Lipinski definition) is 6. The minimum absolute atomic E-state index is 0.0801. The predicted octanol–water partition coefficient (Wildman–Crippen LogP) is 0.732. The van der Waals surface area contributed by atoms with Gasteiger partial charge in [0, 0.05) is 25.6 Å². The molecule has 3 atom stereocenters. The molecule has 2 unspecified atom stereocenters. The monoisotopic (exact) mass is 415 g/mol. The van der Waals surface area contributed by atoms with Gasteiger partial charge < -0.3 is 20.4 Å². The molecule has 9 nitrogen and oxygen atoms in total. The van der Waals surface area contributed by atoms with E-state index in [1.54, 1.807) is 6.20 Å². The lowest BCUT2D eigenvalue weighted by molar-refractivity contribution is -0.144. The third kappa shape index (κ3) is 4.36. The van der Waals surface area contributed by atoms with E-state index in [0.717, 1.165) is 11.1 Å². The van der Waals surface area contributed by atoms with Crippen LogP contribution in [-0.4, -0.2) is 67.7 Å². The molecule has 2 amide bonds. The number of aliphatic hydroxyl groups is 2. The summed E-state index contributed by atoms with van der Waals surface area (Å²) in [6, 6.07) is 5.89. The Kier molecular flexibility index (Phi) is 6.23. The maximum absolute atomic E-state index is 13.5. The normalized spacial score (nSPS) is 20.3. The maximum atomic E-state index is 13.5. The zero-order valence-electron chi connectivity index (χ0n) is 17.7. The van der Waals surface area contributed by atoms with Crippen LogP contribution in [-0.2, 0) is 16.2 Å². The molecule has 0 spiro atoms. The molecular weight excluding hydrogens is 386 g/mol. The Balaban J connectivity index is 1.95. The van der Waals surface area contributed by atoms with Crippen LogP contribution in [0.25, 0.3) is 11.3 Å². The van der Waals surface area contributed by atoms with Crippen LogP contribution < -0.4 is 5.32 Å². The first-order valence-corrected chi connectivity index (χ1v) is 9.98. The average Bonchev–Trinajstić information content (AvgIpc) is 3.33. The first-order valence-electron chi connectivity index (χ1n) is 9.98. The van der Waals surface area contributed by atoms with Gasteiger partial charge in [0.25, 0.3) is 0 Å². The van der Waals surface area contributed by atoms with E-state index >= 15 is 0 Å². The molecule has 1 aliphatic heterocycles. The summed E-state index contributed by atoms with van der Waals surface area (Å²) in [5.41, 5.74) is 1.60. The van der Waals surface area contributed by atoms with Crippen LogP contribution in [0.2, 0.25) is 0 Å². The number of nitrogens with zero attached hydrogens (tertiary/aromatic N) is 4. The van der Waals surface area contributed by atoms with Crippen LogP contribution in [0.1, 0.15) is 38.8 Å². The first-order chi connectivity index (χ1) is 14.2. The van der Waals surface area contributed by atoms with Crippen molar-refractivity contribution in [2.24, 2.45) is 5.41 Å². The fraction of sp³-hybridized carbons (Fsp3) is 0.524. The van der Waals surface area contributed by atoms with Crippen LogP contribution >= 0.6 is 0 Å². The molecule has 1 aromatic heterocycles. The van der Waals surface area contributed by atoms with Gasteiger partial charge in [-0.15, -0.1) is 5.10 Å². The van der Waals surface area contributed by atoms with E-state index in [9.17, 15) is 19.8 Å². The number of nitrogens with one attached hydrogen (secondary N) is 1. The number of likely N-dealkylation sites (N-methyl/N-ethyl adjacent to an activating group) is 1. The van der Waals surface area contributed by atoms with Crippen LogP contribution in [0.3, 0.4) is 0 Å². The summed E-state index contributed by atoms with van der Waals surface area (Å²) in [7, 11) is 1.52. The minimum Gasteiger partial charge on any atom is -0.392 e. The molecule has 3 rings (SSSR count). The second-order valence-corrected chi connectivity index (χ2v) is 8.72. The molecular formula is C21H29N5O4. The Hall–Kier alpha value is -2.78. The van der Waals surface area contributed by atoms with Gasteiger partial charge in [-0.1, -0.05) is 44.2 Å². The van der Waals surface area contributed by atoms with Gasteiger partial charge in [-0.05, 0) is 17.0 Å². The molecule has 3 N–H and O–H groups in total. The second kappa shape index (κ2) is 8.53. The lowest BCUT2D eigenvalue weighted by atomic mass is 9.85. The minimum atomic E-state index is -0.746. The number of aromatic nitrogens is 3. The standard InChI is InChI=1S/C21H29N5O4/c1-21(2,3)18(20(30)25-10-15(28)9-17(25)19(29)22-4)26-11-16(23-24-26)14-7-5-6-13(8-14)12-27/h5-8,11,15,17-18,27-28H,9-10,12H2,1-4H3,(H,22,29)/t15?,17-,18?/m1/s1. The SMILES string of the molecule is CNC(=O)[C@H]1CC(O)CN1C(=O)C(n1cc(-c2cccc(CO)c2)nn1)C(C)(C)C. The van der Waals surface area contributed by atoms with Crippen molar-refractivity contribution >= 4 is 11.8 Å². The van der Waals surface area contributed by atoms with Gasteiger partial charge in [-0.2, -0.15) is 0 Å². The second-order valence-electron chi connectivity index (χ2n) is 8.72. The molecule has 162 valence electrons. The van der Waals surface area contributed by atoms with Crippen molar-refractivity contribution in [2.75, 3.05) is 13.6 Å². The van der Waals surface area contributed by atoms with Crippen molar-refractivity contribution in [2.45, 2.75) is 52.0 Å². The van der Waals surface area contributed by atoms with Gasteiger partial charge >= 0.3 is 0 Å². The zero-order chi connectivity index (χ0) is 22.1. The molecule has 1 saturated heterocycles. The first kappa shape index (κ1) is 21.9. The van der Waals surface area contributed by atoms with Gasteiger partial charge in [0.05, 0.1) is 18.9 Å². The fourth-order valence-corrected chi connectivity index (χ4v) is 3.87. The number of likely N-dealkylation sites (tertiary alicyclic amines) is 1. The number of amides is 2. The number of rotatable bonds is 5. The van der Waals surface area contributed by atoms with Crippen LogP contribution in [0, 0.1) is 5.41 Å². The van der Waals surface area contributed by atoms with E-state index in [1.165, 1.54) is 16.6 Å². The molecule has 1 fully saturated rings. The van der Waals surface area contributed by atoms with Crippen molar-refractivity contribution in [3.05, 3.63) is 36.0 Å². The lowest BCUT2D eigenvalue weighted by Gasteiger charge is -2.34. The fourth-order valence-electron chi connectivity index (χ4n) is 3.87. The van der Waals surface area contributed by atoms with Gasteiger partial charge in [0.15, 0.2) is 0 Å². The molecule has 0 radical (unpaired) electrons. The maximum Gasteiger partial charge on any atom is 0.248 e. The van der Waals surface area contributed by atoms with E-state index in [-0.39, 0.29) is 31.4 Å². The van der Waals surface area contributed by atoms with E-state index in [4.69, 9.17) is 0 Å². The predicted molar refractivity (Wildman–Crippen MR) is 110 cm³/mol.